The van der Waals surface area contributed by atoms with Gasteiger partial charge in [-0.1, -0.05) is 18.2 Å². The molecule has 0 saturated heterocycles. The first-order valence-corrected chi connectivity index (χ1v) is 11.4. The Balaban J connectivity index is 1.53. The highest BCUT2D eigenvalue weighted by Crippen LogP contribution is 2.26. The van der Waals surface area contributed by atoms with Crippen LogP contribution in [0, 0.1) is 6.92 Å². The highest BCUT2D eigenvalue weighted by molar-refractivity contribution is 9.10. The molecule has 0 spiro atoms. The van der Waals surface area contributed by atoms with Gasteiger partial charge in [0.25, 0.3) is 5.56 Å². The summed E-state index contributed by atoms with van der Waals surface area (Å²) in [6.07, 6.45) is 1.62. The number of unbranched alkanes of at least 4 members (excludes halogenated alkanes) is 1. The monoisotopic (exact) mass is 492 g/mol. The lowest BCUT2D eigenvalue weighted by atomic mass is 10.1. The molecule has 1 heterocycles. The Morgan fingerprint density at radius 1 is 1.00 bits per heavy atom. The molecule has 5 nitrogen and oxygen atoms in total. The van der Waals surface area contributed by atoms with E-state index in [0.29, 0.717) is 29.9 Å². The Kier molecular flexibility index (Phi) is 6.90. The van der Waals surface area contributed by atoms with Crippen LogP contribution in [-0.4, -0.2) is 23.3 Å². The van der Waals surface area contributed by atoms with Crippen molar-refractivity contribution in [3.8, 4) is 22.9 Å². The van der Waals surface area contributed by atoms with Crippen LogP contribution < -0.4 is 15.0 Å². The van der Waals surface area contributed by atoms with Gasteiger partial charge in [0.15, 0.2) is 0 Å². The average molecular weight is 493 g/mol. The normalized spacial score (nSPS) is 11.0. The quantitative estimate of drug-likeness (QED) is 0.283. The predicted octanol–water partition coefficient (Wildman–Crippen LogP) is 6.00. The number of nitrogens with zero attached hydrogens (tertiary/aromatic N) is 2. The zero-order valence-corrected chi connectivity index (χ0v) is 19.8. The smallest absolute Gasteiger partial charge is 0.261 e. The molecular weight excluding hydrogens is 468 g/mol. The number of hydrogen-bond donors (Lipinski definition) is 0. The number of para-hydroxylation sites is 1. The van der Waals surface area contributed by atoms with E-state index in [0.717, 1.165) is 34.4 Å². The van der Waals surface area contributed by atoms with Crippen molar-refractivity contribution >= 4 is 26.8 Å². The lowest BCUT2D eigenvalue weighted by molar-refractivity contribution is 0.301. The minimum atomic E-state index is -0.0244. The lowest BCUT2D eigenvalue weighted by Crippen LogP contribution is -2.24. The van der Waals surface area contributed by atoms with E-state index in [1.165, 1.54) is 5.56 Å². The standard InChI is InChI=1S/C26H25BrN2O3/c1-18-9-14-24(22(27)17-18)32-16-6-5-15-29-25(19-10-12-20(31-2)13-11-19)28-23-8-4-3-7-21(23)26(29)30/h3-4,7-14,17H,5-6,15-16H2,1-2H3. The molecular formula is C26H25BrN2O3. The zero-order chi connectivity index (χ0) is 22.5. The first kappa shape index (κ1) is 22.1. The van der Waals surface area contributed by atoms with Crippen LogP contribution in [0.15, 0.2) is 76.0 Å². The van der Waals surface area contributed by atoms with Crippen LogP contribution in [-0.2, 0) is 6.54 Å². The van der Waals surface area contributed by atoms with Crippen molar-refractivity contribution in [3.05, 3.63) is 87.1 Å². The summed E-state index contributed by atoms with van der Waals surface area (Å²) in [5.74, 6) is 2.26. The zero-order valence-electron chi connectivity index (χ0n) is 18.2. The highest BCUT2D eigenvalue weighted by Gasteiger charge is 2.13. The Bertz CT molecular complexity index is 1280. The van der Waals surface area contributed by atoms with Crippen molar-refractivity contribution < 1.29 is 9.47 Å². The molecule has 0 saturated carbocycles. The van der Waals surface area contributed by atoms with Gasteiger partial charge in [0, 0.05) is 12.1 Å². The van der Waals surface area contributed by atoms with Gasteiger partial charge < -0.3 is 9.47 Å². The maximum atomic E-state index is 13.3. The van der Waals surface area contributed by atoms with Crippen molar-refractivity contribution in [1.29, 1.82) is 0 Å². The SMILES string of the molecule is COc1ccc(-c2nc3ccccc3c(=O)n2CCCCOc2ccc(C)cc2Br)cc1. The van der Waals surface area contributed by atoms with Crippen LogP contribution in [0.2, 0.25) is 0 Å². The average Bonchev–Trinajstić information content (AvgIpc) is 2.81. The first-order valence-electron chi connectivity index (χ1n) is 10.6. The van der Waals surface area contributed by atoms with Crippen LogP contribution in [0.25, 0.3) is 22.3 Å². The lowest BCUT2D eigenvalue weighted by Gasteiger charge is -2.14. The number of fused-ring (bicyclic) bond motifs is 1. The third-order valence-electron chi connectivity index (χ3n) is 5.33. The molecule has 4 rings (SSSR count). The fourth-order valence-corrected chi connectivity index (χ4v) is 4.22. The van der Waals surface area contributed by atoms with Crippen molar-refractivity contribution in [3.63, 3.8) is 0 Å². The van der Waals surface area contributed by atoms with E-state index < -0.39 is 0 Å². The van der Waals surface area contributed by atoms with E-state index in [9.17, 15) is 4.79 Å². The van der Waals surface area contributed by atoms with Crippen LogP contribution in [0.3, 0.4) is 0 Å². The number of methoxy groups -OCH3 is 1. The van der Waals surface area contributed by atoms with Crippen molar-refractivity contribution in [1.82, 2.24) is 9.55 Å². The Hall–Kier alpha value is -3.12. The minimum Gasteiger partial charge on any atom is -0.497 e. The second-order valence-electron chi connectivity index (χ2n) is 7.63. The molecule has 0 fully saturated rings. The molecule has 1 aromatic heterocycles. The molecule has 0 aliphatic rings. The van der Waals surface area contributed by atoms with E-state index in [1.54, 1.807) is 11.7 Å². The molecule has 0 N–H and O–H groups in total. The first-order chi connectivity index (χ1) is 15.6. The molecule has 0 aliphatic carbocycles. The second-order valence-corrected chi connectivity index (χ2v) is 8.48. The molecule has 0 atom stereocenters. The number of aromatic nitrogens is 2. The fourth-order valence-electron chi connectivity index (χ4n) is 3.61. The van der Waals surface area contributed by atoms with Gasteiger partial charge in [-0.2, -0.15) is 0 Å². The molecule has 0 bridgehead atoms. The molecule has 32 heavy (non-hydrogen) atoms. The molecule has 0 aliphatic heterocycles. The summed E-state index contributed by atoms with van der Waals surface area (Å²) >= 11 is 3.54. The highest BCUT2D eigenvalue weighted by atomic mass is 79.9. The van der Waals surface area contributed by atoms with Gasteiger partial charge in [-0.15, -0.1) is 0 Å². The summed E-state index contributed by atoms with van der Waals surface area (Å²) in [7, 11) is 1.64. The van der Waals surface area contributed by atoms with Crippen LogP contribution >= 0.6 is 15.9 Å². The van der Waals surface area contributed by atoms with Gasteiger partial charge in [0.1, 0.15) is 17.3 Å². The molecule has 0 amide bonds. The van der Waals surface area contributed by atoms with Gasteiger partial charge >= 0.3 is 0 Å². The molecule has 6 heteroatoms. The Morgan fingerprint density at radius 2 is 1.78 bits per heavy atom. The van der Waals surface area contributed by atoms with Crippen LogP contribution in [0.4, 0.5) is 0 Å². The summed E-state index contributed by atoms with van der Waals surface area (Å²) in [4.78, 5) is 18.1. The number of aryl methyl sites for hydroxylation is 1. The Morgan fingerprint density at radius 3 is 2.53 bits per heavy atom. The minimum absolute atomic E-state index is 0.0244. The summed E-state index contributed by atoms with van der Waals surface area (Å²) in [5.41, 5.74) is 2.74. The van der Waals surface area contributed by atoms with Crippen molar-refractivity contribution in [2.75, 3.05) is 13.7 Å². The summed E-state index contributed by atoms with van der Waals surface area (Å²) in [5, 5.41) is 0.629. The summed E-state index contributed by atoms with van der Waals surface area (Å²) in [6, 6.07) is 21.2. The Labute approximate surface area is 195 Å². The predicted molar refractivity (Wildman–Crippen MR) is 132 cm³/mol. The number of ether oxygens (including phenoxy) is 2. The van der Waals surface area contributed by atoms with Gasteiger partial charge in [-0.05, 0) is 89.8 Å². The van der Waals surface area contributed by atoms with Crippen LogP contribution in [0.1, 0.15) is 18.4 Å². The van der Waals surface area contributed by atoms with E-state index in [-0.39, 0.29) is 5.56 Å². The number of hydrogen-bond acceptors (Lipinski definition) is 4. The molecule has 0 radical (unpaired) electrons. The topological polar surface area (TPSA) is 53.3 Å². The third-order valence-corrected chi connectivity index (χ3v) is 5.95. The molecule has 164 valence electrons. The maximum Gasteiger partial charge on any atom is 0.261 e. The van der Waals surface area contributed by atoms with Gasteiger partial charge in [0.05, 0.1) is 29.1 Å². The molecule has 4 aromatic rings. The van der Waals surface area contributed by atoms with Crippen LogP contribution in [0.5, 0.6) is 11.5 Å². The van der Waals surface area contributed by atoms with Gasteiger partial charge in [0.2, 0.25) is 0 Å². The van der Waals surface area contributed by atoms with E-state index >= 15 is 0 Å². The van der Waals surface area contributed by atoms with E-state index in [4.69, 9.17) is 14.5 Å². The molecule has 0 unspecified atom stereocenters. The van der Waals surface area contributed by atoms with E-state index in [2.05, 4.69) is 15.9 Å². The summed E-state index contributed by atoms with van der Waals surface area (Å²) in [6.45, 7) is 3.19. The van der Waals surface area contributed by atoms with Gasteiger partial charge in [-0.25, -0.2) is 4.98 Å². The third kappa shape index (κ3) is 4.86. The largest absolute Gasteiger partial charge is 0.497 e. The van der Waals surface area contributed by atoms with Crippen molar-refractivity contribution in [2.45, 2.75) is 26.3 Å². The second kappa shape index (κ2) is 10.0. The maximum absolute atomic E-state index is 13.3. The number of rotatable bonds is 8. The number of halogens is 1. The fraction of sp³-hybridized carbons (Fsp3) is 0.231. The number of benzene rings is 3. The van der Waals surface area contributed by atoms with Crippen molar-refractivity contribution in [2.24, 2.45) is 0 Å². The van der Waals surface area contributed by atoms with E-state index in [1.807, 2.05) is 73.7 Å². The summed E-state index contributed by atoms with van der Waals surface area (Å²) < 4.78 is 13.9. The molecule has 3 aromatic carbocycles. The van der Waals surface area contributed by atoms with Gasteiger partial charge in [-0.3, -0.25) is 9.36 Å².